The van der Waals surface area contributed by atoms with Crippen LogP contribution in [0.25, 0.3) is 0 Å². The van der Waals surface area contributed by atoms with Crippen molar-refractivity contribution in [3.8, 4) is 0 Å². The van der Waals surface area contributed by atoms with Crippen molar-refractivity contribution in [3.05, 3.63) is 34.4 Å². The molecule has 1 aromatic rings. The van der Waals surface area contributed by atoms with Gasteiger partial charge in [0.1, 0.15) is 0 Å². The SMILES string of the molecule is CCC(C)(C)c1cc(C(C)(C)C)c(C(=O)[O-])c(C(C)(C)CC)c1. The van der Waals surface area contributed by atoms with Gasteiger partial charge in [0, 0.05) is 5.56 Å². The Kier molecular flexibility index (Phi) is 5.40. The van der Waals surface area contributed by atoms with Crippen LogP contribution in [0.5, 0.6) is 0 Å². The molecule has 2 heteroatoms. The maximum absolute atomic E-state index is 12.0. The summed E-state index contributed by atoms with van der Waals surface area (Å²) in [6.45, 7) is 19.2. The van der Waals surface area contributed by atoms with Crippen LogP contribution < -0.4 is 5.11 Å². The zero-order valence-corrected chi connectivity index (χ0v) is 16.4. The van der Waals surface area contributed by atoms with Gasteiger partial charge in [0.05, 0.1) is 5.97 Å². The number of hydrogen-bond acceptors (Lipinski definition) is 2. The van der Waals surface area contributed by atoms with Crippen LogP contribution in [0.3, 0.4) is 0 Å². The average molecular weight is 317 g/mol. The predicted molar refractivity (Wildman–Crippen MR) is 96.1 cm³/mol. The van der Waals surface area contributed by atoms with E-state index in [1.54, 1.807) is 0 Å². The third kappa shape index (κ3) is 3.97. The number of rotatable bonds is 5. The highest BCUT2D eigenvalue weighted by molar-refractivity contribution is 5.91. The molecule has 0 heterocycles. The van der Waals surface area contributed by atoms with Crippen LogP contribution in [0, 0.1) is 0 Å². The van der Waals surface area contributed by atoms with Crippen molar-refractivity contribution in [2.45, 2.75) is 91.4 Å². The highest BCUT2D eigenvalue weighted by Crippen LogP contribution is 2.40. The van der Waals surface area contributed by atoms with E-state index in [9.17, 15) is 9.90 Å². The quantitative estimate of drug-likeness (QED) is 0.788. The van der Waals surface area contributed by atoms with E-state index in [0.29, 0.717) is 5.56 Å². The fraction of sp³-hybridized carbons (Fsp3) is 0.667. The number of benzene rings is 1. The molecule has 0 aromatic heterocycles. The molecule has 23 heavy (non-hydrogen) atoms. The van der Waals surface area contributed by atoms with Gasteiger partial charge in [-0.3, -0.25) is 0 Å². The van der Waals surface area contributed by atoms with Crippen LogP contribution in [0.2, 0.25) is 0 Å². The first-order chi connectivity index (χ1) is 10.3. The summed E-state index contributed by atoms with van der Waals surface area (Å²) < 4.78 is 0. The van der Waals surface area contributed by atoms with Crippen LogP contribution in [-0.2, 0) is 16.2 Å². The number of aromatic carboxylic acids is 1. The molecule has 0 fully saturated rings. The second-order valence-electron chi connectivity index (χ2n) is 8.96. The van der Waals surface area contributed by atoms with Gasteiger partial charge < -0.3 is 9.90 Å². The van der Waals surface area contributed by atoms with Crippen LogP contribution >= 0.6 is 0 Å². The molecule has 0 spiro atoms. The number of hydrogen-bond donors (Lipinski definition) is 0. The highest BCUT2D eigenvalue weighted by atomic mass is 16.4. The van der Waals surface area contributed by atoms with Gasteiger partial charge in [-0.05, 0) is 45.8 Å². The molecule has 0 saturated heterocycles. The normalized spacial score (nSPS) is 13.3. The van der Waals surface area contributed by atoms with E-state index in [1.165, 1.54) is 5.56 Å². The number of carboxylic acids is 1. The van der Waals surface area contributed by atoms with Crippen molar-refractivity contribution in [2.75, 3.05) is 0 Å². The van der Waals surface area contributed by atoms with Gasteiger partial charge in [0.2, 0.25) is 0 Å². The zero-order chi connectivity index (χ0) is 18.2. The number of carboxylic acid groups (broad SMARTS) is 1. The summed E-state index contributed by atoms with van der Waals surface area (Å²) in [5, 5.41) is 12.0. The Morgan fingerprint density at radius 3 is 1.65 bits per heavy atom. The predicted octanol–water partition coefficient (Wildman–Crippen LogP) is 4.72. The van der Waals surface area contributed by atoms with E-state index in [1.807, 2.05) is 0 Å². The Balaban J connectivity index is 3.92. The Hall–Kier alpha value is -1.31. The fourth-order valence-electron chi connectivity index (χ4n) is 2.77. The Bertz CT molecular complexity index is 587. The van der Waals surface area contributed by atoms with Gasteiger partial charge in [-0.1, -0.05) is 74.4 Å². The minimum absolute atomic E-state index is 0.0169. The molecule has 0 radical (unpaired) electrons. The molecule has 0 unspecified atom stereocenters. The van der Waals surface area contributed by atoms with E-state index in [-0.39, 0.29) is 16.2 Å². The summed E-state index contributed by atoms with van der Waals surface area (Å²) in [6, 6.07) is 4.19. The zero-order valence-electron chi connectivity index (χ0n) is 16.4. The molecule has 0 aliphatic rings. The molecule has 0 saturated carbocycles. The average Bonchev–Trinajstić information content (AvgIpc) is 2.44. The molecule has 0 N–H and O–H groups in total. The molecule has 0 amide bonds. The van der Waals surface area contributed by atoms with E-state index < -0.39 is 5.97 Å². The van der Waals surface area contributed by atoms with E-state index >= 15 is 0 Å². The second-order valence-corrected chi connectivity index (χ2v) is 8.96. The Labute approximate surface area is 142 Å². The Morgan fingerprint density at radius 2 is 1.30 bits per heavy atom. The first kappa shape index (κ1) is 19.7. The lowest BCUT2D eigenvalue weighted by atomic mass is 9.70. The van der Waals surface area contributed by atoms with Gasteiger partial charge in [-0.25, -0.2) is 0 Å². The van der Waals surface area contributed by atoms with Crippen molar-refractivity contribution in [3.63, 3.8) is 0 Å². The molecule has 1 aromatic carbocycles. The molecule has 1 rings (SSSR count). The lowest BCUT2D eigenvalue weighted by Gasteiger charge is -2.35. The summed E-state index contributed by atoms with van der Waals surface area (Å²) in [5.41, 5.74) is 2.97. The Morgan fingerprint density at radius 1 is 0.870 bits per heavy atom. The van der Waals surface area contributed by atoms with E-state index in [0.717, 1.165) is 24.0 Å². The molecular formula is C21H33O2-. The fourth-order valence-corrected chi connectivity index (χ4v) is 2.77. The van der Waals surface area contributed by atoms with Gasteiger partial charge in [0.25, 0.3) is 0 Å². The molecule has 130 valence electrons. The van der Waals surface area contributed by atoms with E-state index in [2.05, 4.69) is 74.4 Å². The summed E-state index contributed by atoms with van der Waals surface area (Å²) in [6.07, 6.45) is 1.89. The maximum atomic E-state index is 12.0. The first-order valence-electron chi connectivity index (χ1n) is 8.68. The topological polar surface area (TPSA) is 40.1 Å². The van der Waals surface area contributed by atoms with Gasteiger partial charge >= 0.3 is 0 Å². The highest BCUT2D eigenvalue weighted by Gasteiger charge is 2.31. The molecule has 0 atom stereocenters. The van der Waals surface area contributed by atoms with Crippen molar-refractivity contribution < 1.29 is 9.90 Å². The summed E-state index contributed by atoms with van der Waals surface area (Å²) >= 11 is 0. The second kappa shape index (κ2) is 6.30. The molecular weight excluding hydrogens is 284 g/mol. The monoisotopic (exact) mass is 317 g/mol. The van der Waals surface area contributed by atoms with Gasteiger partial charge in [-0.15, -0.1) is 0 Å². The lowest BCUT2D eigenvalue weighted by Crippen LogP contribution is -2.33. The largest absolute Gasteiger partial charge is 0.545 e. The van der Waals surface area contributed by atoms with Crippen molar-refractivity contribution in [1.82, 2.24) is 0 Å². The van der Waals surface area contributed by atoms with Crippen molar-refractivity contribution in [1.29, 1.82) is 0 Å². The molecule has 2 nitrogen and oxygen atoms in total. The minimum Gasteiger partial charge on any atom is -0.545 e. The molecule has 0 bridgehead atoms. The smallest absolute Gasteiger partial charge is 0.0721 e. The standard InChI is InChI=1S/C21H34O2/c1-10-20(6,7)14-12-15(19(3,4)5)17(18(22)23)16(13-14)21(8,9)11-2/h12-13H,10-11H2,1-9H3,(H,22,23)/p-1. The van der Waals surface area contributed by atoms with Crippen LogP contribution in [-0.4, -0.2) is 5.97 Å². The van der Waals surface area contributed by atoms with Gasteiger partial charge in [-0.2, -0.15) is 0 Å². The van der Waals surface area contributed by atoms with Crippen molar-refractivity contribution in [2.24, 2.45) is 0 Å². The van der Waals surface area contributed by atoms with Crippen LogP contribution in [0.15, 0.2) is 12.1 Å². The summed E-state index contributed by atoms with van der Waals surface area (Å²) in [5.74, 6) is -1.06. The summed E-state index contributed by atoms with van der Waals surface area (Å²) in [4.78, 5) is 12.0. The number of carbonyl (C=O) groups is 1. The minimum atomic E-state index is -1.06. The first-order valence-corrected chi connectivity index (χ1v) is 8.68. The van der Waals surface area contributed by atoms with Crippen LogP contribution in [0.4, 0.5) is 0 Å². The van der Waals surface area contributed by atoms with E-state index in [4.69, 9.17) is 0 Å². The van der Waals surface area contributed by atoms with Crippen LogP contribution in [0.1, 0.15) is 102 Å². The maximum Gasteiger partial charge on any atom is 0.0721 e. The molecule has 0 aliphatic heterocycles. The summed E-state index contributed by atoms with van der Waals surface area (Å²) in [7, 11) is 0. The third-order valence-electron chi connectivity index (χ3n) is 5.43. The lowest BCUT2D eigenvalue weighted by molar-refractivity contribution is -0.255. The van der Waals surface area contributed by atoms with Crippen molar-refractivity contribution >= 4 is 5.97 Å². The third-order valence-corrected chi connectivity index (χ3v) is 5.43. The molecule has 0 aliphatic carbocycles. The number of carbonyl (C=O) groups excluding carboxylic acids is 1. The van der Waals surface area contributed by atoms with Gasteiger partial charge in [0.15, 0.2) is 0 Å².